The van der Waals surface area contributed by atoms with Crippen molar-refractivity contribution in [2.45, 2.75) is 6.67 Å². The number of imidazole rings is 1. The van der Waals surface area contributed by atoms with Crippen LogP contribution in [0.1, 0.15) is 0 Å². The van der Waals surface area contributed by atoms with Gasteiger partial charge in [0, 0.05) is 32.4 Å². The molecule has 3 aromatic rings. The second-order valence-corrected chi connectivity index (χ2v) is 5.81. The van der Waals surface area contributed by atoms with Crippen LogP contribution in [0.3, 0.4) is 0 Å². The predicted molar refractivity (Wildman–Crippen MR) is 90.6 cm³/mol. The lowest BCUT2D eigenvalue weighted by Gasteiger charge is -2.35. The van der Waals surface area contributed by atoms with Gasteiger partial charge in [-0.1, -0.05) is 18.2 Å². The maximum Gasteiger partial charge on any atom is 0.327 e. The molecule has 0 spiro atoms. The third-order valence-corrected chi connectivity index (χ3v) is 4.37. The lowest BCUT2D eigenvalue weighted by Crippen LogP contribution is -2.47. The summed E-state index contributed by atoms with van der Waals surface area (Å²) >= 11 is 0. The summed E-state index contributed by atoms with van der Waals surface area (Å²) in [5.41, 5.74) is 1.81. The number of rotatable bonds is 3. The fourth-order valence-electron chi connectivity index (χ4n) is 3.11. The number of pyridine rings is 1. The highest BCUT2D eigenvalue weighted by Gasteiger charge is 2.19. The summed E-state index contributed by atoms with van der Waals surface area (Å²) in [6, 6.07) is 13.8. The molecule has 23 heavy (non-hydrogen) atoms. The zero-order valence-electron chi connectivity index (χ0n) is 12.9. The summed E-state index contributed by atoms with van der Waals surface area (Å²) in [7, 11) is 0. The first-order valence-electron chi connectivity index (χ1n) is 7.87. The van der Waals surface area contributed by atoms with E-state index in [2.05, 4.69) is 19.8 Å². The summed E-state index contributed by atoms with van der Waals surface area (Å²) < 4.78 is 1.81. The molecular formula is C17H19N5O. The molecule has 1 N–H and O–H groups in total. The van der Waals surface area contributed by atoms with Crippen LogP contribution < -0.4 is 10.6 Å². The van der Waals surface area contributed by atoms with E-state index in [1.54, 1.807) is 0 Å². The third-order valence-electron chi connectivity index (χ3n) is 4.37. The number of hydrogen-bond donors (Lipinski definition) is 1. The minimum Gasteiger partial charge on any atom is -0.354 e. The van der Waals surface area contributed by atoms with Gasteiger partial charge in [-0.2, -0.15) is 0 Å². The van der Waals surface area contributed by atoms with Gasteiger partial charge < -0.3 is 9.88 Å². The summed E-state index contributed by atoms with van der Waals surface area (Å²) in [5, 5.41) is 0. The molecule has 0 radical (unpaired) electrons. The van der Waals surface area contributed by atoms with Crippen LogP contribution in [0.4, 0.5) is 5.82 Å². The number of H-pyrrole nitrogens is 1. The number of hydrogen-bond acceptors (Lipinski definition) is 4. The van der Waals surface area contributed by atoms with Crippen molar-refractivity contribution in [3.63, 3.8) is 0 Å². The highest BCUT2D eigenvalue weighted by Crippen LogP contribution is 2.14. The Labute approximate surface area is 134 Å². The van der Waals surface area contributed by atoms with Gasteiger partial charge in [0.1, 0.15) is 5.82 Å². The average molecular weight is 309 g/mol. The van der Waals surface area contributed by atoms with Crippen molar-refractivity contribution in [3.05, 3.63) is 59.1 Å². The maximum atomic E-state index is 12.2. The van der Waals surface area contributed by atoms with Crippen molar-refractivity contribution in [1.82, 2.24) is 19.4 Å². The van der Waals surface area contributed by atoms with Crippen molar-refractivity contribution in [3.8, 4) is 0 Å². The molecule has 1 fully saturated rings. The van der Waals surface area contributed by atoms with E-state index < -0.39 is 0 Å². The summed E-state index contributed by atoms with van der Waals surface area (Å²) in [4.78, 5) is 24.1. The molecule has 0 aliphatic carbocycles. The van der Waals surface area contributed by atoms with Gasteiger partial charge in [0.25, 0.3) is 0 Å². The highest BCUT2D eigenvalue weighted by molar-refractivity contribution is 5.74. The molecule has 1 aliphatic heterocycles. The first kappa shape index (κ1) is 14.0. The molecule has 6 heteroatoms. The van der Waals surface area contributed by atoms with Gasteiger partial charge in [-0.3, -0.25) is 9.47 Å². The molecule has 1 aromatic carbocycles. The van der Waals surface area contributed by atoms with Gasteiger partial charge in [0.15, 0.2) is 0 Å². The number of para-hydroxylation sites is 2. The Kier molecular flexibility index (Phi) is 3.59. The van der Waals surface area contributed by atoms with E-state index in [9.17, 15) is 4.79 Å². The minimum absolute atomic E-state index is 0.0432. The van der Waals surface area contributed by atoms with E-state index in [0.717, 1.165) is 43.0 Å². The number of anilines is 1. The second-order valence-electron chi connectivity index (χ2n) is 5.81. The van der Waals surface area contributed by atoms with Crippen molar-refractivity contribution in [2.75, 3.05) is 31.1 Å². The van der Waals surface area contributed by atoms with Crippen LogP contribution in [0, 0.1) is 0 Å². The van der Waals surface area contributed by atoms with Gasteiger partial charge in [-0.15, -0.1) is 0 Å². The van der Waals surface area contributed by atoms with Gasteiger partial charge in [0.2, 0.25) is 0 Å². The standard InChI is InChI=1S/C17H19N5O/c23-17-19-14-5-1-2-6-15(14)22(17)13-20-9-11-21(12-10-20)16-7-3-4-8-18-16/h1-8H,9-13H2,(H,19,23). The van der Waals surface area contributed by atoms with Crippen LogP contribution in [-0.2, 0) is 6.67 Å². The van der Waals surface area contributed by atoms with Gasteiger partial charge in [-0.05, 0) is 24.3 Å². The molecule has 2 aromatic heterocycles. The third kappa shape index (κ3) is 2.73. The molecule has 0 atom stereocenters. The zero-order valence-corrected chi connectivity index (χ0v) is 12.9. The molecular weight excluding hydrogens is 290 g/mol. The van der Waals surface area contributed by atoms with Crippen LogP contribution in [0.15, 0.2) is 53.5 Å². The van der Waals surface area contributed by atoms with E-state index in [-0.39, 0.29) is 5.69 Å². The Hall–Kier alpha value is -2.60. The van der Waals surface area contributed by atoms with Crippen molar-refractivity contribution < 1.29 is 0 Å². The van der Waals surface area contributed by atoms with Crippen LogP contribution in [0.2, 0.25) is 0 Å². The fourth-order valence-corrected chi connectivity index (χ4v) is 3.11. The van der Waals surface area contributed by atoms with Crippen LogP contribution in [-0.4, -0.2) is 45.6 Å². The number of aromatic amines is 1. The molecule has 118 valence electrons. The van der Waals surface area contributed by atoms with Gasteiger partial charge >= 0.3 is 5.69 Å². The average Bonchev–Trinajstić information content (AvgIpc) is 2.92. The van der Waals surface area contributed by atoms with E-state index in [1.807, 2.05) is 53.2 Å². The Morgan fingerprint density at radius 1 is 1.00 bits per heavy atom. The topological polar surface area (TPSA) is 57.2 Å². The first-order chi connectivity index (χ1) is 11.3. The number of benzene rings is 1. The first-order valence-corrected chi connectivity index (χ1v) is 7.87. The number of piperazine rings is 1. The zero-order chi connectivity index (χ0) is 15.6. The quantitative estimate of drug-likeness (QED) is 0.797. The Bertz CT molecular complexity index is 846. The molecule has 0 bridgehead atoms. The Morgan fingerprint density at radius 2 is 1.78 bits per heavy atom. The molecule has 0 unspecified atom stereocenters. The summed E-state index contributed by atoms with van der Waals surface area (Å²) in [6.07, 6.45) is 1.83. The Balaban J connectivity index is 1.47. The summed E-state index contributed by atoms with van der Waals surface area (Å²) in [5.74, 6) is 1.02. The van der Waals surface area contributed by atoms with Gasteiger partial charge in [0.05, 0.1) is 17.7 Å². The van der Waals surface area contributed by atoms with Crippen molar-refractivity contribution >= 4 is 16.9 Å². The lowest BCUT2D eigenvalue weighted by atomic mass is 10.3. The van der Waals surface area contributed by atoms with Crippen molar-refractivity contribution in [2.24, 2.45) is 0 Å². The SMILES string of the molecule is O=c1[nH]c2ccccc2n1CN1CCN(c2ccccn2)CC1. The summed E-state index contributed by atoms with van der Waals surface area (Å²) in [6.45, 7) is 4.31. The molecule has 0 saturated carbocycles. The number of nitrogens with zero attached hydrogens (tertiary/aromatic N) is 4. The van der Waals surface area contributed by atoms with E-state index in [0.29, 0.717) is 6.67 Å². The molecule has 4 rings (SSSR count). The lowest BCUT2D eigenvalue weighted by molar-refractivity contribution is 0.206. The normalized spacial score (nSPS) is 16.1. The molecule has 0 amide bonds. The fraction of sp³-hybridized carbons (Fsp3) is 0.294. The molecule has 3 heterocycles. The number of fused-ring (bicyclic) bond motifs is 1. The largest absolute Gasteiger partial charge is 0.354 e. The van der Waals surface area contributed by atoms with Gasteiger partial charge in [-0.25, -0.2) is 9.78 Å². The monoisotopic (exact) mass is 309 g/mol. The molecule has 6 nitrogen and oxygen atoms in total. The van der Waals surface area contributed by atoms with Crippen LogP contribution >= 0.6 is 0 Å². The predicted octanol–water partition coefficient (Wildman–Crippen LogP) is 1.50. The molecule has 1 aliphatic rings. The maximum absolute atomic E-state index is 12.2. The van der Waals surface area contributed by atoms with E-state index in [1.165, 1.54) is 0 Å². The van der Waals surface area contributed by atoms with Crippen LogP contribution in [0.25, 0.3) is 11.0 Å². The van der Waals surface area contributed by atoms with Crippen LogP contribution in [0.5, 0.6) is 0 Å². The number of aromatic nitrogens is 3. The molecule has 1 saturated heterocycles. The van der Waals surface area contributed by atoms with Crippen molar-refractivity contribution in [1.29, 1.82) is 0 Å². The Morgan fingerprint density at radius 3 is 2.57 bits per heavy atom. The number of nitrogens with one attached hydrogen (secondary N) is 1. The minimum atomic E-state index is -0.0432. The van der Waals surface area contributed by atoms with E-state index >= 15 is 0 Å². The highest BCUT2D eigenvalue weighted by atomic mass is 16.1. The smallest absolute Gasteiger partial charge is 0.327 e. The van der Waals surface area contributed by atoms with E-state index in [4.69, 9.17) is 0 Å². The second kappa shape index (κ2) is 5.89.